The maximum Gasteiger partial charge on any atom is 0.253 e. The van der Waals surface area contributed by atoms with E-state index >= 15 is 0 Å². The van der Waals surface area contributed by atoms with Crippen LogP contribution in [-0.2, 0) is 0 Å². The van der Waals surface area contributed by atoms with E-state index in [1.165, 1.54) is 0 Å². The Morgan fingerprint density at radius 3 is 2.76 bits per heavy atom. The van der Waals surface area contributed by atoms with Gasteiger partial charge in [-0.2, -0.15) is 5.26 Å². The van der Waals surface area contributed by atoms with E-state index in [1.807, 2.05) is 6.07 Å². The van der Waals surface area contributed by atoms with Crippen LogP contribution in [0.2, 0.25) is 0 Å². The van der Waals surface area contributed by atoms with Crippen molar-refractivity contribution in [2.24, 2.45) is 5.73 Å². The molecule has 2 rings (SSSR count). The summed E-state index contributed by atoms with van der Waals surface area (Å²) in [6, 6.07) is 9.07. The quantitative estimate of drug-likeness (QED) is 0.784. The first kappa shape index (κ1) is 11.6. The number of hydrogen-bond acceptors (Lipinski definition) is 3. The van der Waals surface area contributed by atoms with E-state index in [9.17, 15) is 4.79 Å². The lowest BCUT2D eigenvalue weighted by molar-refractivity contribution is 0.0714. The van der Waals surface area contributed by atoms with Gasteiger partial charge in [-0.3, -0.25) is 4.79 Å². The summed E-state index contributed by atoms with van der Waals surface area (Å²) in [6.07, 6.45) is 1.70. The number of carbonyl (C=O) groups is 1. The van der Waals surface area contributed by atoms with Crippen LogP contribution in [0.15, 0.2) is 24.3 Å². The van der Waals surface area contributed by atoms with Crippen LogP contribution in [0.5, 0.6) is 0 Å². The van der Waals surface area contributed by atoms with Gasteiger partial charge >= 0.3 is 0 Å². The predicted octanol–water partition coefficient (Wildman–Crippen LogP) is 1.12. The largest absolute Gasteiger partial charge is 0.339 e. The van der Waals surface area contributed by atoms with E-state index in [4.69, 9.17) is 11.0 Å². The lowest BCUT2D eigenvalue weighted by Gasteiger charge is -2.30. The molecule has 1 saturated heterocycles. The Kier molecular flexibility index (Phi) is 3.40. The van der Waals surface area contributed by atoms with E-state index in [0.717, 1.165) is 12.8 Å². The second-order valence-electron chi connectivity index (χ2n) is 4.32. The number of carbonyl (C=O) groups excluding carboxylic acids is 1. The molecule has 0 aliphatic carbocycles. The normalized spacial score (nSPS) is 16.6. The number of piperidine rings is 1. The molecule has 2 N–H and O–H groups in total. The van der Waals surface area contributed by atoms with Gasteiger partial charge in [0.15, 0.2) is 0 Å². The lowest BCUT2D eigenvalue weighted by Crippen LogP contribution is -2.42. The average Bonchev–Trinajstić information content (AvgIpc) is 2.39. The molecule has 0 spiro atoms. The smallest absolute Gasteiger partial charge is 0.253 e. The zero-order chi connectivity index (χ0) is 12.3. The van der Waals surface area contributed by atoms with Crippen LogP contribution >= 0.6 is 0 Å². The second-order valence-corrected chi connectivity index (χ2v) is 4.32. The summed E-state index contributed by atoms with van der Waals surface area (Å²) in [6.45, 7) is 1.41. The molecule has 1 aromatic rings. The second kappa shape index (κ2) is 4.98. The third kappa shape index (κ3) is 2.63. The fraction of sp³-hybridized carbons (Fsp3) is 0.385. The Hall–Kier alpha value is -1.86. The van der Waals surface area contributed by atoms with Gasteiger partial charge in [-0.1, -0.05) is 6.07 Å². The summed E-state index contributed by atoms with van der Waals surface area (Å²) in [5.74, 6) is -0.00556. The molecule has 4 heteroatoms. The molecule has 17 heavy (non-hydrogen) atoms. The first-order chi connectivity index (χ1) is 8.20. The average molecular weight is 229 g/mol. The first-order valence-corrected chi connectivity index (χ1v) is 5.75. The van der Waals surface area contributed by atoms with E-state index in [-0.39, 0.29) is 11.9 Å². The Morgan fingerprint density at radius 2 is 2.12 bits per heavy atom. The minimum Gasteiger partial charge on any atom is -0.339 e. The maximum atomic E-state index is 12.2. The Balaban J connectivity index is 2.11. The van der Waals surface area contributed by atoms with Crippen LogP contribution in [0, 0.1) is 11.3 Å². The van der Waals surface area contributed by atoms with Crippen LogP contribution in [0.25, 0.3) is 0 Å². The molecule has 0 bridgehead atoms. The highest BCUT2D eigenvalue weighted by atomic mass is 16.2. The van der Waals surface area contributed by atoms with E-state index in [1.54, 1.807) is 29.2 Å². The van der Waals surface area contributed by atoms with Crippen molar-refractivity contribution in [3.8, 4) is 6.07 Å². The highest BCUT2D eigenvalue weighted by Gasteiger charge is 2.21. The van der Waals surface area contributed by atoms with Gasteiger partial charge in [0.25, 0.3) is 5.91 Å². The number of nitrogens with zero attached hydrogens (tertiary/aromatic N) is 2. The number of rotatable bonds is 1. The van der Waals surface area contributed by atoms with Crippen LogP contribution in [0.4, 0.5) is 0 Å². The highest BCUT2D eigenvalue weighted by Crippen LogP contribution is 2.13. The molecule has 1 aromatic carbocycles. The third-order valence-electron chi connectivity index (χ3n) is 3.07. The number of hydrogen-bond donors (Lipinski definition) is 1. The fourth-order valence-electron chi connectivity index (χ4n) is 2.01. The molecular formula is C13H15N3O. The number of nitrogens with two attached hydrogens (primary N) is 1. The van der Waals surface area contributed by atoms with Gasteiger partial charge in [-0.15, -0.1) is 0 Å². The van der Waals surface area contributed by atoms with E-state index in [2.05, 4.69) is 0 Å². The van der Waals surface area contributed by atoms with Gasteiger partial charge < -0.3 is 10.6 Å². The number of likely N-dealkylation sites (tertiary alicyclic amines) is 1. The lowest BCUT2D eigenvalue weighted by atomic mass is 10.0. The van der Waals surface area contributed by atoms with Gasteiger partial charge in [-0.25, -0.2) is 0 Å². The van der Waals surface area contributed by atoms with Crippen molar-refractivity contribution in [3.05, 3.63) is 35.4 Å². The summed E-state index contributed by atoms with van der Waals surface area (Å²) in [5.41, 5.74) is 6.90. The predicted molar refractivity (Wildman–Crippen MR) is 64.3 cm³/mol. The molecular weight excluding hydrogens is 214 g/mol. The van der Waals surface area contributed by atoms with E-state index in [0.29, 0.717) is 24.2 Å². The van der Waals surface area contributed by atoms with Crippen molar-refractivity contribution < 1.29 is 4.79 Å². The zero-order valence-electron chi connectivity index (χ0n) is 9.60. The molecule has 1 aliphatic rings. The highest BCUT2D eigenvalue weighted by molar-refractivity contribution is 5.94. The molecule has 88 valence electrons. The molecule has 1 heterocycles. The van der Waals surface area contributed by atoms with Crippen LogP contribution < -0.4 is 5.73 Å². The van der Waals surface area contributed by atoms with Crippen LogP contribution in [-0.4, -0.2) is 29.9 Å². The summed E-state index contributed by atoms with van der Waals surface area (Å²) in [5, 5.41) is 8.80. The summed E-state index contributed by atoms with van der Waals surface area (Å²) in [7, 11) is 0. The molecule has 4 nitrogen and oxygen atoms in total. The minimum atomic E-state index is -0.00556. The van der Waals surface area contributed by atoms with Crippen LogP contribution in [0.1, 0.15) is 28.8 Å². The summed E-state index contributed by atoms with van der Waals surface area (Å²) >= 11 is 0. The SMILES string of the molecule is N#Cc1cccc(C(=O)N2CCC(N)CC2)c1. The van der Waals surface area contributed by atoms with Gasteiger partial charge in [-0.05, 0) is 31.0 Å². The summed E-state index contributed by atoms with van der Waals surface area (Å²) in [4.78, 5) is 14.0. The number of nitriles is 1. The summed E-state index contributed by atoms with van der Waals surface area (Å²) < 4.78 is 0. The molecule has 1 aliphatic heterocycles. The molecule has 0 atom stereocenters. The van der Waals surface area contributed by atoms with Gasteiger partial charge in [0.05, 0.1) is 11.6 Å². The monoisotopic (exact) mass is 229 g/mol. The topological polar surface area (TPSA) is 70.1 Å². The van der Waals surface area contributed by atoms with Crippen LogP contribution in [0.3, 0.4) is 0 Å². The van der Waals surface area contributed by atoms with Crippen molar-refractivity contribution in [3.63, 3.8) is 0 Å². The maximum absolute atomic E-state index is 12.2. The fourth-order valence-corrected chi connectivity index (χ4v) is 2.01. The number of benzene rings is 1. The van der Waals surface area contributed by atoms with Gasteiger partial charge in [0.1, 0.15) is 0 Å². The Bertz CT molecular complexity index is 456. The van der Waals surface area contributed by atoms with Crippen molar-refractivity contribution in [1.82, 2.24) is 4.90 Å². The van der Waals surface area contributed by atoms with Gasteiger partial charge in [0, 0.05) is 24.7 Å². The first-order valence-electron chi connectivity index (χ1n) is 5.75. The number of amides is 1. The molecule has 1 fully saturated rings. The van der Waals surface area contributed by atoms with Crippen molar-refractivity contribution in [2.45, 2.75) is 18.9 Å². The van der Waals surface area contributed by atoms with Crippen molar-refractivity contribution in [2.75, 3.05) is 13.1 Å². The Morgan fingerprint density at radius 1 is 1.41 bits per heavy atom. The minimum absolute atomic E-state index is 0.00556. The molecule has 0 aromatic heterocycles. The zero-order valence-corrected chi connectivity index (χ0v) is 9.60. The molecule has 0 saturated carbocycles. The molecule has 1 amide bonds. The standard InChI is InChI=1S/C13H15N3O/c14-9-10-2-1-3-11(8-10)13(17)16-6-4-12(15)5-7-16/h1-3,8,12H,4-7,15H2. The van der Waals surface area contributed by atoms with Crippen molar-refractivity contribution >= 4 is 5.91 Å². The molecule has 0 unspecified atom stereocenters. The third-order valence-corrected chi connectivity index (χ3v) is 3.07. The Labute approximate surface area is 101 Å². The molecule has 0 radical (unpaired) electrons. The van der Waals surface area contributed by atoms with E-state index < -0.39 is 0 Å². The van der Waals surface area contributed by atoms with Crippen molar-refractivity contribution in [1.29, 1.82) is 5.26 Å². The van der Waals surface area contributed by atoms with Gasteiger partial charge in [0.2, 0.25) is 0 Å².